The Bertz CT molecular complexity index is 174. The molecule has 2 unspecified atom stereocenters. The Labute approximate surface area is 71.6 Å². The molecule has 1 aliphatic rings. The zero-order valence-electron chi connectivity index (χ0n) is 7.16. The summed E-state index contributed by atoms with van der Waals surface area (Å²) in [7, 11) is 0. The molecule has 0 bridgehead atoms. The Morgan fingerprint density at radius 3 is 2.83 bits per heavy atom. The minimum atomic E-state index is -0.520. The van der Waals surface area contributed by atoms with Crippen LogP contribution < -0.4 is 5.73 Å². The van der Waals surface area contributed by atoms with Gasteiger partial charge in [0.2, 0.25) is 0 Å². The Balaban J connectivity index is 2.44. The highest BCUT2D eigenvalue weighted by molar-refractivity contribution is 5.75. The molecule has 1 saturated heterocycles. The average Bonchev–Trinajstić information content (AvgIpc) is 2.34. The number of aliphatic hydroxyl groups is 1. The van der Waals surface area contributed by atoms with E-state index in [1.807, 2.05) is 6.92 Å². The van der Waals surface area contributed by atoms with E-state index in [-0.39, 0.29) is 12.1 Å². The molecule has 0 radical (unpaired) electrons. The SMILES string of the molecule is CCOC1CN(C(=N)N)CC1O. The lowest BCUT2D eigenvalue weighted by Gasteiger charge is -2.14. The number of hydrogen-bond donors (Lipinski definition) is 3. The van der Waals surface area contributed by atoms with Gasteiger partial charge >= 0.3 is 0 Å². The topological polar surface area (TPSA) is 82.6 Å². The lowest BCUT2D eigenvalue weighted by Crippen LogP contribution is -2.35. The van der Waals surface area contributed by atoms with Crippen molar-refractivity contribution in [2.75, 3.05) is 19.7 Å². The molecule has 2 atom stereocenters. The van der Waals surface area contributed by atoms with Gasteiger partial charge in [-0.1, -0.05) is 0 Å². The monoisotopic (exact) mass is 173 g/mol. The van der Waals surface area contributed by atoms with Gasteiger partial charge in [-0.15, -0.1) is 0 Å². The molecule has 0 aliphatic carbocycles. The molecule has 12 heavy (non-hydrogen) atoms. The lowest BCUT2D eigenvalue weighted by molar-refractivity contribution is -0.00220. The molecule has 70 valence electrons. The van der Waals surface area contributed by atoms with Gasteiger partial charge in [-0.25, -0.2) is 0 Å². The number of nitrogens with zero attached hydrogens (tertiary/aromatic N) is 1. The Kier molecular flexibility index (Phi) is 2.88. The van der Waals surface area contributed by atoms with Gasteiger partial charge in [-0.3, -0.25) is 5.41 Å². The predicted molar refractivity (Wildman–Crippen MR) is 44.9 cm³/mol. The number of nitrogens with one attached hydrogen (secondary N) is 1. The molecular formula is C7H15N3O2. The van der Waals surface area contributed by atoms with Gasteiger partial charge in [-0.05, 0) is 6.92 Å². The van der Waals surface area contributed by atoms with Crippen LogP contribution in [0.2, 0.25) is 0 Å². The molecule has 0 aromatic heterocycles. The smallest absolute Gasteiger partial charge is 0.188 e. The second kappa shape index (κ2) is 3.73. The first-order chi connectivity index (χ1) is 5.65. The molecule has 5 heteroatoms. The normalized spacial score (nSPS) is 29.3. The number of nitrogens with two attached hydrogens (primary N) is 1. The number of β-amino-alcohol motifs (C(OH)–C–C–N with tert-alkyl or cyclic N) is 1. The number of rotatable bonds is 2. The highest BCUT2D eigenvalue weighted by atomic mass is 16.5. The maximum Gasteiger partial charge on any atom is 0.188 e. The van der Waals surface area contributed by atoms with Gasteiger partial charge in [0, 0.05) is 19.7 Å². The van der Waals surface area contributed by atoms with E-state index >= 15 is 0 Å². The van der Waals surface area contributed by atoms with E-state index in [2.05, 4.69) is 0 Å². The van der Waals surface area contributed by atoms with E-state index in [4.69, 9.17) is 15.9 Å². The molecule has 1 aliphatic heterocycles. The fourth-order valence-electron chi connectivity index (χ4n) is 1.33. The van der Waals surface area contributed by atoms with Crippen LogP contribution in [0.25, 0.3) is 0 Å². The second-order valence-corrected chi connectivity index (χ2v) is 2.85. The van der Waals surface area contributed by atoms with Crippen LogP contribution in [0.4, 0.5) is 0 Å². The fraction of sp³-hybridized carbons (Fsp3) is 0.857. The summed E-state index contributed by atoms with van der Waals surface area (Å²) in [6.45, 7) is 3.38. The summed E-state index contributed by atoms with van der Waals surface area (Å²) in [6.07, 6.45) is -0.715. The Morgan fingerprint density at radius 2 is 2.42 bits per heavy atom. The number of aliphatic hydroxyl groups excluding tert-OH is 1. The van der Waals surface area contributed by atoms with Crippen molar-refractivity contribution in [1.29, 1.82) is 5.41 Å². The van der Waals surface area contributed by atoms with E-state index < -0.39 is 6.10 Å². The molecule has 1 fully saturated rings. The number of ether oxygens (including phenoxy) is 1. The van der Waals surface area contributed by atoms with Crippen molar-refractivity contribution < 1.29 is 9.84 Å². The second-order valence-electron chi connectivity index (χ2n) is 2.85. The van der Waals surface area contributed by atoms with Crippen molar-refractivity contribution in [2.24, 2.45) is 5.73 Å². The third-order valence-corrected chi connectivity index (χ3v) is 1.96. The number of guanidine groups is 1. The summed E-state index contributed by atoms with van der Waals surface area (Å²) < 4.78 is 5.25. The lowest BCUT2D eigenvalue weighted by atomic mass is 10.3. The molecule has 0 amide bonds. The first-order valence-corrected chi connectivity index (χ1v) is 4.03. The maximum absolute atomic E-state index is 9.42. The van der Waals surface area contributed by atoms with Gasteiger partial charge in [0.15, 0.2) is 5.96 Å². The largest absolute Gasteiger partial charge is 0.388 e. The van der Waals surface area contributed by atoms with E-state index in [0.717, 1.165) is 0 Å². The van der Waals surface area contributed by atoms with E-state index in [9.17, 15) is 5.11 Å². The van der Waals surface area contributed by atoms with Crippen molar-refractivity contribution in [3.63, 3.8) is 0 Å². The highest BCUT2D eigenvalue weighted by Crippen LogP contribution is 2.12. The quantitative estimate of drug-likeness (QED) is 0.368. The first kappa shape index (κ1) is 9.28. The Hall–Kier alpha value is -0.810. The molecule has 5 nitrogen and oxygen atoms in total. The van der Waals surface area contributed by atoms with Crippen molar-refractivity contribution >= 4 is 5.96 Å². The molecule has 0 aromatic rings. The Morgan fingerprint density at radius 1 is 1.75 bits per heavy atom. The van der Waals surface area contributed by atoms with Crippen molar-refractivity contribution in [2.45, 2.75) is 19.1 Å². The minimum absolute atomic E-state index is 0.00347. The van der Waals surface area contributed by atoms with Gasteiger partial charge in [-0.2, -0.15) is 0 Å². The zero-order chi connectivity index (χ0) is 9.14. The standard InChI is InChI=1S/C7H15N3O2/c1-2-12-6-4-10(7(8)9)3-5(6)11/h5-6,11H,2-4H2,1H3,(H3,8,9). The molecule has 0 aromatic carbocycles. The van der Waals surface area contributed by atoms with Crippen LogP contribution in [-0.4, -0.2) is 47.9 Å². The van der Waals surface area contributed by atoms with Crippen molar-refractivity contribution in [3.05, 3.63) is 0 Å². The van der Waals surface area contributed by atoms with Gasteiger partial charge in [0.05, 0.1) is 6.10 Å². The van der Waals surface area contributed by atoms with E-state index in [1.54, 1.807) is 4.90 Å². The summed E-state index contributed by atoms with van der Waals surface area (Å²) in [5, 5.41) is 16.6. The van der Waals surface area contributed by atoms with Crippen molar-refractivity contribution in [3.8, 4) is 0 Å². The van der Waals surface area contributed by atoms with Crippen LogP contribution in [0.5, 0.6) is 0 Å². The number of likely N-dealkylation sites (tertiary alicyclic amines) is 1. The molecular weight excluding hydrogens is 158 g/mol. The van der Waals surface area contributed by atoms with E-state index in [0.29, 0.717) is 19.7 Å². The van der Waals surface area contributed by atoms with Crippen LogP contribution in [0.15, 0.2) is 0 Å². The predicted octanol–water partition coefficient (Wildman–Crippen LogP) is -1.04. The van der Waals surface area contributed by atoms with Gasteiger partial charge in [0.25, 0.3) is 0 Å². The van der Waals surface area contributed by atoms with Crippen LogP contribution in [0.3, 0.4) is 0 Å². The van der Waals surface area contributed by atoms with Crippen LogP contribution >= 0.6 is 0 Å². The van der Waals surface area contributed by atoms with Crippen LogP contribution in [-0.2, 0) is 4.74 Å². The summed E-state index contributed by atoms with van der Waals surface area (Å²) in [5.41, 5.74) is 5.26. The third-order valence-electron chi connectivity index (χ3n) is 1.96. The summed E-state index contributed by atoms with van der Waals surface area (Å²) in [4.78, 5) is 1.60. The third kappa shape index (κ3) is 1.86. The molecule has 4 N–H and O–H groups in total. The fourth-order valence-corrected chi connectivity index (χ4v) is 1.33. The van der Waals surface area contributed by atoms with Gasteiger partial charge in [0.1, 0.15) is 6.10 Å². The maximum atomic E-state index is 9.42. The van der Waals surface area contributed by atoms with Gasteiger partial charge < -0.3 is 20.5 Å². The molecule has 0 saturated carbocycles. The highest BCUT2D eigenvalue weighted by Gasteiger charge is 2.32. The first-order valence-electron chi connectivity index (χ1n) is 4.03. The molecule has 0 spiro atoms. The summed E-state index contributed by atoms with van der Waals surface area (Å²) in [6, 6.07) is 0. The van der Waals surface area contributed by atoms with Crippen LogP contribution in [0, 0.1) is 5.41 Å². The summed E-state index contributed by atoms with van der Waals surface area (Å²) in [5.74, 6) is -0.00347. The molecule has 1 rings (SSSR count). The minimum Gasteiger partial charge on any atom is -0.388 e. The number of hydrogen-bond acceptors (Lipinski definition) is 3. The van der Waals surface area contributed by atoms with Crippen molar-refractivity contribution in [1.82, 2.24) is 4.90 Å². The van der Waals surface area contributed by atoms with Crippen LogP contribution in [0.1, 0.15) is 6.92 Å². The zero-order valence-corrected chi connectivity index (χ0v) is 7.16. The summed E-state index contributed by atoms with van der Waals surface area (Å²) >= 11 is 0. The van der Waals surface area contributed by atoms with E-state index in [1.165, 1.54) is 0 Å². The average molecular weight is 173 g/mol. The molecule has 1 heterocycles.